The fourth-order valence-corrected chi connectivity index (χ4v) is 4.79. The molecule has 3 aliphatic rings. The maximum atomic E-state index is 14.3. The van der Waals surface area contributed by atoms with Gasteiger partial charge in [-0.3, -0.25) is 0 Å². The number of ether oxygens (including phenoxy) is 5. The first kappa shape index (κ1) is 22.2. The Kier molecular flexibility index (Phi) is 6.05. The molecule has 1 fully saturated rings. The molecule has 2 aromatic rings. The lowest BCUT2D eigenvalue weighted by molar-refractivity contribution is -0.214. The van der Waals surface area contributed by atoms with Crippen LogP contribution in [0.1, 0.15) is 28.4 Å². The fraction of sp³-hybridized carbons (Fsp3) is 0.500. The van der Waals surface area contributed by atoms with Crippen LogP contribution in [-0.2, 0) is 17.6 Å². The Morgan fingerprint density at radius 1 is 1.03 bits per heavy atom. The quantitative estimate of drug-likeness (QED) is 0.614. The minimum Gasteiger partial charge on any atom is -0.496 e. The van der Waals surface area contributed by atoms with Crippen molar-refractivity contribution < 1.29 is 43.4 Å². The van der Waals surface area contributed by atoms with E-state index in [0.717, 1.165) is 16.7 Å². The summed E-state index contributed by atoms with van der Waals surface area (Å²) < 4.78 is 42.9. The molecule has 8 nitrogen and oxygen atoms in total. The predicted molar refractivity (Wildman–Crippen MR) is 114 cm³/mol. The van der Waals surface area contributed by atoms with Crippen molar-refractivity contribution in [2.45, 2.75) is 43.4 Å². The lowest BCUT2D eigenvalue weighted by Gasteiger charge is -2.39. The van der Waals surface area contributed by atoms with Gasteiger partial charge in [0, 0.05) is 24.0 Å². The lowest BCUT2D eigenvalue weighted by atomic mass is 9.88. The lowest BCUT2D eigenvalue weighted by Crippen LogP contribution is -2.53. The molecule has 5 atom stereocenters. The van der Waals surface area contributed by atoms with Gasteiger partial charge in [0.15, 0.2) is 17.7 Å². The van der Waals surface area contributed by atoms with E-state index in [2.05, 4.69) is 0 Å². The third-order valence-electron chi connectivity index (χ3n) is 6.38. The molecule has 0 aliphatic carbocycles. The topological polar surface area (TPSA) is 107 Å². The average molecular weight is 462 g/mol. The number of hydrogen-bond donors (Lipinski definition) is 3. The van der Waals surface area contributed by atoms with E-state index in [-0.39, 0.29) is 0 Å². The summed E-state index contributed by atoms with van der Waals surface area (Å²) >= 11 is 0. The summed E-state index contributed by atoms with van der Waals surface area (Å²) in [5.41, 5.74) is 3.11. The maximum absolute atomic E-state index is 14.3. The molecular formula is C24H27FO8. The van der Waals surface area contributed by atoms with Crippen molar-refractivity contribution >= 4 is 0 Å². The number of fused-ring (bicyclic) bond motifs is 2. The van der Waals surface area contributed by atoms with E-state index in [9.17, 15) is 19.7 Å². The third kappa shape index (κ3) is 3.89. The summed E-state index contributed by atoms with van der Waals surface area (Å²) in [6.45, 7) is 0.857. The fourth-order valence-electron chi connectivity index (χ4n) is 4.79. The molecule has 9 heteroatoms. The van der Waals surface area contributed by atoms with Crippen LogP contribution >= 0.6 is 0 Å². The summed E-state index contributed by atoms with van der Waals surface area (Å²) in [6, 6.07) is 7.54. The van der Waals surface area contributed by atoms with Crippen molar-refractivity contribution in [3.63, 3.8) is 0 Å². The summed E-state index contributed by atoms with van der Waals surface area (Å²) in [4.78, 5) is 0. The zero-order valence-corrected chi connectivity index (χ0v) is 18.2. The van der Waals surface area contributed by atoms with Gasteiger partial charge in [-0.05, 0) is 29.3 Å². The van der Waals surface area contributed by atoms with E-state index in [1.54, 1.807) is 6.07 Å². The second-order valence-electron chi connectivity index (χ2n) is 8.42. The van der Waals surface area contributed by atoms with Gasteiger partial charge in [-0.15, -0.1) is 0 Å². The normalized spacial score (nSPS) is 28.2. The van der Waals surface area contributed by atoms with Crippen LogP contribution in [0.4, 0.5) is 4.39 Å². The van der Waals surface area contributed by atoms with Crippen molar-refractivity contribution in [3.8, 4) is 23.0 Å². The van der Waals surface area contributed by atoms with Crippen LogP contribution in [0.2, 0.25) is 0 Å². The minimum absolute atomic E-state index is 0.471. The molecular weight excluding hydrogens is 435 g/mol. The van der Waals surface area contributed by atoms with Crippen molar-refractivity contribution in [1.29, 1.82) is 0 Å². The average Bonchev–Trinajstić information content (AvgIpc) is 3.33. The highest BCUT2D eigenvalue weighted by molar-refractivity contribution is 5.59. The standard InChI is InChI=1S/C24H27FO8/c1-29-23-14-4-5-32-22(14)13(8-12-2-3-16-17(9-12)31-7-6-30-16)10-15(23)24-21(28)20(27)19(25)18(11-26)33-24/h2-3,9-10,18-21,24,26-28H,4-8,11H2,1H3/t18-,19-,20+,21-,24+/m1/s1. The van der Waals surface area contributed by atoms with E-state index < -0.39 is 37.2 Å². The second kappa shape index (κ2) is 8.98. The van der Waals surface area contributed by atoms with Crippen LogP contribution in [0.15, 0.2) is 24.3 Å². The molecule has 0 spiro atoms. The molecule has 0 aromatic heterocycles. The highest BCUT2D eigenvalue weighted by Crippen LogP contribution is 2.46. The Bertz CT molecular complexity index is 1030. The van der Waals surface area contributed by atoms with Gasteiger partial charge in [0.1, 0.15) is 49.1 Å². The Hall–Kier alpha value is -2.59. The smallest absolute Gasteiger partial charge is 0.161 e. The zero-order valence-electron chi connectivity index (χ0n) is 18.2. The minimum atomic E-state index is -1.90. The number of alkyl halides is 1. The molecule has 0 amide bonds. The molecule has 3 heterocycles. The number of methoxy groups -OCH3 is 1. The molecule has 2 aromatic carbocycles. The molecule has 3 N–H and O–H groups in total. The van der Waals surface area contributed by atoms with E-state index in [0.29, 0.717) is 61.2 Å². The van der Waals surface area contributed by atoms with Crippen LogP contribution in [0, 0.1) is 0 Å². The van der Waals surface area contributed by atoms with E-state index in [1.165, 1.54) is 7.11 Å². The summed E-state index contributed by atoms with van der Waals surface area (Å²) in [6.07, 6.45) is -6.37. The Morgan fingerprint density at radius 2 is 1.82 bits per heavy atom. The molecule has 3 aliphatic heterocycles. The van der Waals surface area contributed by atoms with Gasteiger partial charge in [-0.2, -0.15) is 0 Å². The molecule has 0 bridgehead atoms. The highest BCUT2D eigenvalue weighted by Gasteiger charge is 2.46. The summed E-state index contributed by atoms with van der Waals surface area (Å²) in [7, 11) is 1.51. The van der Waals surface area contributed by atoms with Crippen molar-refractivity contribution in [3.05, 3.63) is 46.5 Å². The number of aliphatic hydroxyl groups excluding tert-OH is 3. The Balaban J connectivity index is 1.55. The molecule has 1 saturated heterocycles. The van der Waals surface area contributed by atoms with Crippen molar-refractivity contribution in [1.82, 2.24) is 0 Å². The molecule has 0 saturated carbocycles. The first-order chi connectivity index (χ1) is 16.0. The van der Waals surface area contributed by atoms with Crippen molar-refractivity contribution in [2.24, 2.45) is 0 Å². The van der Waals surface area contributed by atoms with Crippen LogP contribution in [0.25, 0.3) is 0 Å². The SMILES string of the molecule is COc1c([C@@H]2O[C@H](CO)[C@@H](F)[C@H](O)[C@H]2O)cc(Cc2ccc3c(c2)OCCO3)c2c1CCO2. The van der Waals surface area contributed by atoms with Gasteiger partial charge in [0.25, 0.3) is 0 Å². The molecule has 0 radical (unpaired) electrons. The Morgan fingerprint density at radius 3 is 2.58 bits per heavy atom. The predicted octanol–water partition coefficient (Wildman–Crippen LogP) is 1.48. The molecule has 33 heavy (non-hydrogen) atoms. The van der Waals surface area contributed by atoms with Gasteiger partial charge < -0.3 is 39.0 Å². The van der Waals surface area contributed by atoms with Gasteiger partial charge in [0.2, 0.25) is 0 Å². The first-order valence-corrected chi connectivity index (χ1v) is 11.0. The van der Waals surface area contributed by atoms with Gasteiger partial charge in [0.05, 0.1) is 20.3 Å². The second-order valence-corrected chi connectivity index (χ2v) is 8.42. The van der Waals surface area contributed by atoms with Crippen LogP contribution in [-0.4, -0.2) is 73.3 Å². The maximum Gasteiger partial charge on any atom is 0.161 e. The number of benzene rings is 2. The number of halogens is 1. The number of hydrogen-bond acceptors (Lipinski definition) is 8. The summed E-state index contributed by atoms with van der Waals surface area (Å²) in [5, 5.41) is 30.4. The number of aliphatic hydroxyl groups is 3. The van der Waals surface area contributed by atoms with Gasteiger partial charge in [-0.25, -0.2) is 4.39 Å². The number of rotatable bonds is 5. The Labute approximate surface area is 190 Å². The van der Waals surface area contributed by atoms with Gasteiger partial charge in [-0.1, -0.05) is 6.07 Å². The largest absolute Gasteiger partial charge is 0.496 e. The van der Waals surface area contributed by atoms with Crippen LogP contribution < -0.4 is 18.9 Å². The molecule has 5 rings (SSSR count). The first-order valence-electron chi connectivity index (χ1n) is 11.0. The van der Waals surface area contributed by atoms with E-state index in [1.807, 2.05) is 18.2 Å². The van der Waals surface area contributed by atoms with Crippen molar-refractivity contribution in [2.75, 3.05) is 33.5 Å². The van der Waals surface area contributed by atoms with Crippen LogP contribution in [0.5, 0.6) is 23.0 Å². The third-order valence-corrected chi connectivity index (χ3v) is 6.38. The molecule has 178 valence electrons. The highest BCUT2D eigenvalue weighted by atomic mass is 19.1. The van der Waals surface area contributed by atoms with E-state index >= 15 is 0 Å². The zero-order chi connectivity index (χ0) is 23.1. The molecule has 0 unspecified atom stereocenters. The summed E-state index contributed by atoms with van der Waals surface area (Å²) in [5.74, 6) is 2.56. The van der Waals surface area contributed by atoms with Crippen LogP contribution in [0.3, 0.4) is 0 Å². The van der Waals surface area contributed by atoms with Gasteiger partial charge >= 0.3 is 0 Å². The van der Waals surface area contributed by atoms with E-state index in [4.69, 9.17) is 23.7 Å². The monoisotopic (exact) mass is 462 g/mol.